The third-order valence-electron chi connectivity index (χ3n) is 4.59. The van der Waals surface area contributed by atoms with Gasteiger partial charge in [-0.05, 0) is 24.1 Å². The molecule has 29 heavy (non-hydrogen) atoms. The molecule has 1 fully saturated rings. The second kappa shape index (κ2) is 8.23. The molecule has 1 atom stereocenters. The number of non-ortho nitro benzene ring substituents is 1. The van der Waals surface area contributed by atoms with E-state index in [0.29, 0.717) is 17.0 Å². The number of likely N-dealkylation sites (tertiary alicyclic amines) is 1. The minimum atomic E-state index is -0.885. The molecule has 0 aliphatic carbocycles. The van der Waals surface area contributed by atoms with Crippen molar-refractivity contribution in [3.05, 3.63) is 79.3 Å². The maximum Gasteiger partial charge on any atom is 0.295 e. The Kier molecular flexibility index (Phi) is 5.91. The minimum absolute atomic E-state index is 0.0683. The Balaban J connectivity index is 2.22. The fourth-order valence-electron chi connectivity index (χ4n) is 3.30. The summed E-state index contributed by atoms with van der Waals surface area (Å²) in [5.74, 6) is -2.10. The molecule has 1 saturated heterocycles. The van der Waals surface area contributed by atoms with Crippen LogP contribution in [0.3, 0.4) is 0 Å². The van der Waals surface area contributed by atoms with E-state index in [1.807, 2.05) is 6.92 Å². The molecule has 2 aromatic rings. The summed E-state index contributed by atoms with van der Waals surface area (Å²) < 4.78 is 0. The SMILES string of the molecule is CCCN1C(=O)C(=O)/C(=C(\O)c2cccc([N+](=O)[O-])c2)C1c1ccc(Cl)c(Cl)c1. The molecular weight excluding hydrogens is 419 g/mol. The molecule has 150 valence electrons. The van der Waals surface area contributed by atoms with Crippen LogP contribution in [0, 0.1) is 10.1 Å². The number of amides is 1. The highest BCUT2D eigenvalue weighted by Crippen LogP contribution is 2.41. The number of carbonyl (C=O) groups excluding carboxylic acids is 2. The zero-order valence-electron chi connectivity index (χ0n) is 15.3. The van der Waals surface area contributed by atoms with Gasteiger partial charge in [-0.2, -0.15) is 0 Å². The van der Waals surface area contributed by atoms with Gasteiger partial charge in [0.1, 0.15) is 5.76 Å². The Labute approximate surface area is 176 Å². The minimum Gasteiger partial charge on any atom is -0.507 e. The molecule has 9 heteroatoms. The summed E-state index contributed by atoms with van der Waals surface area (Å²) in [5, 5.41) is 22.5. The molecule has 3 rings (SSSR count). The van der Waals surface area contributed by atoms with E-state index in [0.717, 1.165) is 6.07 Å². The maximum absolute atomic E-state index is 12.8. The molecule has 1 heterocycles. The number of nitro groups is 1. The summed E-state index contributed by atoms with van der Waals surface area (Å²) >= 11 is 12.1. The molecule has 1 aliphatic rings. The van der Waals surface area contributed by atoms with Crippen LogP contribution in [0.4, 0.5) is 5.69 Å². The Morgan fingerprint density at radius 2 is 1.90 bits per heavy atom. The van der Waals surface area contributed by atoms with Crippen molar-refractivity contribution in [2.45, 2.75) is 19.4 Å². The number of nitrogens with zero attached hydrogens (tertiary/aromatic N) is 2. The van der Waals surface area contributed by atoms with E-state index in [1.165, 1.54) is 29.2 Å². The lowest BCUT2D eigenvalue weighted by atomic mass is 9.95. The van der Waals surface area contributed by atoms with E-state index >= 15 is 0 Å². The fourth-order valence-corrected chi connectivity index (χ4v) is 3.61. The number of hydrogen-bond acceptors (Lipinski definition) is 5. The first-order valence-corrected chi connectivity index (χ1v) is 9.50. The standard InChI is InChI=1S/C20H16Cl2N2O5/c1-2-8-23-17(11-6-7-14(21)15(22)10-11)16(19(26)20(23)27)18(25)12-4-3-5-13(9-12)24(28)29/h3-7,9-10,17,25H,2,8H2,1H3/b18-16-. The monoisotopic (exact) mass is 434 g/mol. The van der Waals surface area contributed by atoms with Crippen LogP contribution < -0.4 is 0 Å². The summed E-state index contributed by atoms with van der Waals surface area (Å²) in [6.45, 7) is 2.13. The second-order valence-electron chi connectivity index (χ2n) is 6.47. The molecule has 2 aromatic carbocycles. The highest BCUT2D eigenvalue weighted by molar-refractivity contribution is 6.46. The fraction of sp³-hybridized carbons (Fsp3) is 0.200. The summed E-state index contributed by atoms with van der Waals surface area (Å²) in [4.78, 5) is 37.2. The molecule has 0 aromatic heterocycles. The van der Waals surface area contributed by atoms with Crippen LogP contribution in [-0.2, 0) is 9.59 Å². The van der Waals surface area contributed by atoms with Gasteiger partial charge in [-0.3, -0.25) is 19.7 Å². The third-order valence-corrected chi connectivity index (χ3v) is 5.33. The summed E-state index contributed by atoms with van der Waals surface area (Å²) in [6.07, 6.45) is 0.585. The van der Waals surface area contributed by atoms with Gasteiger partial charge in [-0.25, -0.2) is 0 Å². The topological polar surface area (TPSA) is 101 Å². The van der Waals surface area contributed by atoms with Crippen LogP contribution in [0.2, 0.25) is 10.0 Å². The van der Waals surface area contributed by atoms with Gasteiger partial charge < -0.3 is 10.0 Å². The highest BCUT2D eigenvalue weighted by atomic mass is 35.5. The number of aliphatic hydroxyl groups is 1. The molecule has 0 spiro atoms. The quantitative estimate of drug-likeness (QED) is 0.241. The van der Waals surface area contributed by atoms with Crippen molar-refractivity contribution in [1.29, 1.82) is 0 Å². The number of ketones is 1. The summed E-state index contributed by atoms with van der Waals surface area (Å²) in [5.41, 5.74) is 0.169. The molecule has 1 amide bonds. The van der Waals surface area contributed by atoms with Gasteiger partial charge in [0.05, 0.1) is 26.6 Å². The van der Waals surface area contributed by atoms with Crippen molar-refractivity contribution >= 4 is 46.3 Å². The molecule has 7 nitrogen and oxygen atoms in total. The smallest absolute Gasteiger partial charge is 0.295 e. The number of Topliss-reactive ketones (excluding diaryl/α,β-unsaturated/α-hetero) is 1. The van der Waals surface area contributed by atoms with Gasteiger partial charge in [0.25, 0.3) is 17.4 Å². The lowest BCUT2D eigenvalue weighted by Crippen LogP contribution is -2.30. The Morgan fingerprint density at radius 1 is 1.17 bits per heavy atom. The third kappa shape index (κ3) is 3.83. The van der Waals surface area contributed by atoms with Crippen LogP contribution in [0.25, 0.3) is 5.76 Å². The van der Waals surface area contributed by atoms with Gasteiger partial charge in [0.2, 0.25) is 0 Å². The normalized spacial score (nSPS) is 18.3. The van der Waals surface area contributed by atoms with Crippen LogP contribution in [-0.4, -0.2) is 33.2 Å². The Morgan fingerprint density at radius 3 is 2.52 bits per heavy atom. The van der Waals surface area contributed by atoms with Gasteiger partial charge >= 0.3 is 0 Å². The number of halogens is 2. The predicted molar refractivity (Wildman–Crippen MR) is 109 cm³/mol. The van der Waals surface area contributed by atoms with Crippen molar-refractivity contribution in [3.8, 4) is 0 Å². The first-order chi connectivity index (χ1) is 13.8. The van der Waals surface area contributed by atoms with Crippen LogP contribution in [0.5, 0.6) is 0 Å². The zero-order valence-corrected chi connectivity index (χ0v) is 16.8. The molecular formula is C20H16Cl2N2O5. The molecule has 0 saturated carbocycles. The van der Waals surface area contributed by atoms with Gasteiger partial charge in [-0.1, -0.05) is 48.3 Å². The lowest BCUT2D eigenvalue weighted by Gasteiger charge is -2.25. The first kappa shape index (κ1) is 20.8. The van der Waals surface area contributed by atoms with E-state index in [4.69, 9.17) is 23.2 Å². The van der Waals surface area contributed by atoms with E-state index in [9.17, 15) is 24.8 Å². The molecule has 0 bridgehead atoms. The maximum atomic E-state index is 12.8. The lowest BCUT2D eigenvalue weighted by molar-refractivity contribution is -0.384. The van der Waals surface area contributed by atoms with Gasteiger partial charge in [0, 0.05) is 24.2 Å². The first-order valence-electron chi connectivity index (χ1n) is 8.74. The van der Waals surface area contributed by atoms with E-state index in [2.05, 4.69) is 0 Å². The Hall–Kier alpha value is -2.90. The van der Waals surface area contributed by atoms with Crippen molar-refractivity contribution in [2.75, 3.05) is 6.54 Å². The van der Waals surface area contributed by atoms with Crippen molar-refractivity contribution < 1.29 is 19.6 Å². The molecule has 0 radical (unpaired) electrons. The van der Waals surface area contributed by atoms with E-state index in [-0.39, 0.29) is 28.4 Å². The zero-order chi connectivity index (χ0) is 21.3. The van der Waals surface area contributed by atoms with Crippen molar-refractivity contribution in [1.82, 2.24) is 4.90 Å². The number of nitro benzene ring substituents is 1. The average Bonchev–Trinajstić information content (AvgIpc) is 2.95. The van der Waals surface area contributed by atoms with Crippen LogP contribution in [0.15, 0.2) is 48.0 Å². The van der Waals surface area contributed by atoms with Gasteiger partial charge in [0.15, 0.2) is 0 Å². The van der Waals surface area contributed by atoms with Crippen LogP contribution in [0.1, 0.15) is 30.5 Å². The number of benzene rings is 2. The van der Waals surface area contributed by atoms with Crippen molar-refractivity contribution in [3.63, 3.8) is 0 Å². The molecule has 1 aliphatic heterocycles. The summed E-state index contributed by atoms with van der Waals surface area (Å²) in [7, 11) is 0. The summed E-state index contributed by atoms with van der Waals surface area (Å²) in [6, 6.07) is 9.04. The largest absolute Gasteiger partial charge is 0.507 e. The molecule has 1 unspecified atom stereocenters. The number of rotatable bonds is 5. The second-order valence-corrected chi connectivity index (χ2v) is 7.29. The number of aliphatic hydroxyl groups excluding tert-OH is 1. The Bertz CT molecular complexity index is 1050. The van der Waals surface area contributed by atoms with Crippen molar-refractivity contribution in [2.24, 2.45) is 0 Å². The molecule has 1 N–H and O–H groups in total. The van der Waals surface area contributed by atoms with Crippen LogP contribution >= 0.6 is 23.2 Å². The number of hydrogen-bond donors (Lipinski definition) is 1. The van der Waals surface area contributed by atoms with E-state index in [1.54, 1.807) is 12.1 Å². The highest BCUT2D eigenvalue weighted by Gasteiger charge is 2.45. The predicted octanol–water partition coefficient (Wildman–Crippen LogP) is 4.73. The average molecular weight is 435 g/mol. The van der Waals surface area contributed by atoms with Gasteiger partial charge in [-0.15, -0.1) is 0 Å². The number of carbonyl (C=O) groups is 2. The van der Waals surface area contributed by atoms with E-state index < -0.39 is 28.4 Å².